The van der Waals surface area contributed by atoms with E-state index in [-0.39, 0.29) is 17.7 Å². The third kappa shape index (κ3) is 7.21. The molecule has 1 heterocycles. The Hall–Kier alpha value is -3.59. The van der Waals surface area contributed by atoms with E-state index in [1.807, 2.05) is 26.8 Å². The largest absolute Gasteiger partial charge is 0.462 e. The van der Waals surface area contributed by atoms with E-state index in [1.54, 1.807) is 18.2 Å². The van der Waals surface area contributed by atoms with Crippen molar-refractivity contribution in [2.45, 2.75) is 77.1 Å². The molecule has 0 bridgehead atoms. The molecule has 9 heteroatoms. The molecule has 0 spiro atoms. The van der Waals surface area contributed by atoms with Gasteiger partial charge in [-0.05, 0) is 63.8 Å². The molecule has 0 saturated heterocycles. The van der Waals surface area contributed by atoms with Crippen molar-refractivity contribution in [1.29, 1.82) is 10.5 Å². The Kier molecular flexibility index (Phi) is 9.10. The number of ether oxygens (including phenoxy) is 1. The molecule has 0 aliphatic carbocycles. The zero-order chi connectivity index (χ0) is 27.1. The number of nitrogens with zero attached hydrogens (tertiary/aromatic N) is 3. The van der Waals surface area contributed by atoms with E-state index in [1.165, 1.54) is 13.8 Å². The molecule has 2 aromatic rings. The SMILES string of the molecule is CCC(C#N)CCC(C)(NC(=O)C(C)(C)Oc1ccc(C(F)(F)F)cn1)C(C)c1cccc(C#N)c1. The predicted octanol–water partition coefficient (Wildman–Crippen LogP) is 6.14. The van der Waals surface area contributed by atoms with Crippen LogP contribution in [0.25, 0.3) is 0 Å². The minimum absolute atomic E-state index is 0.116. The fourth-order valence-electron chi connectivity index (χ4n) is 3.79. The number of alkyl halides is 3. The molecule has 1 aromatic carbocycles. The maximum absolute atomic E-state index is 13.4. The lowest BCUT2D eigenvalue weighted by molar-refractivity contribution is -0.139. The summed E-state index contributed by atoms with van der Waals surface area (Å²) in [4.78, 5) is 17.1. The first-order valence-corrected chi connectivity index (χ1v) is 11.7. The number of nitrogens with one attached hydrogen (secondary N) is 1. The Morgan fingerprint density at radius 1 is 1.17 bits per heavy atom. The molecule has 1 amide bonds. The maximum atomic E-state index is 13.4. The molecule has 0 saturated carbocycles. The summed E-state index contributed by atoms with van der Waals surface area (Å²) >= 11 is 0. The number of amides is 1. The van der Waals surface area contributed by atoms with Crippen LogP contribution in [0.1, 0.15) is 76.5 Å². The Labute approximate surface area is 210 Å². The van der Waals surface area contributed by atoms with Crippen molar-refractivity contribution < 1.29 is 22.7 Å². The molecule has 0 fully saturated rings. The minimum atomic E-state index is -4.53. The zero-order valence-electron chi connectivity index (χ0n) is 21.1. The van der Waals surface area contributed by atoms with Crippen molar-refractivity contribution in [3.63, 3.8) is 0 Å². The number of carbonyl (C=O) groups excluding carboxylic acids is 1. The molecule has 0 radical (unpaired) electrons. The highest BCUT2D eigenvalue weighted by molar-refractivity contribution is 5.85. The lowest BCUT2D eigenvalue weighted by Crippen LogP contribution is -2.57. The number of hydrogen-bond donors (Lipinski definition) is 1. The van der Waals surface area contributed by atoms with Crippen LogP contribution in [-0.4, -0.2) is 22.0 Å². The van der Waals surface area contributed by atoms with Gasteiger partial charge in [0.2, 0.25) is 5.88 Å². The van der Waals surface area contributed by atoms with Gasteiger partial charge >= 0.3 is 6.18 Å². The van der Waals surface area contributed by atoms with Crippen LogP contribution in [0.5, 0.6) is 5.88 Å². The number of carbonyl (C=O) groups is 1. The lowest BCUT2D eigenvalue weighted by Gasteiger charge is -2.40. The first-order chi connectivity index (χ1) is 16.8. The van der Waals surface area contributed by atoms with Crippen LogP contribution >= 0.6 is 0 Å². The second-order valence-corrected chi connectivity index (χ2v) is 9.60. The van der Waals surface area contributed by atoms with Crippen LogP contribution in [0.15, 0.2) is 42.6 Å². The maximum Gasteiger partial charge on any atom is 0.417 e. The topological polar surface area (TPSA) is 98.8 Å². The summed E-state index contributed by atoms with van der Waals surface area (Å²) in [6, 6.07) is 13.4. The number of benzene rings is 1. The first kappa shape index (κ1) is 28.6. The van der Waals surface area contributed by atoms with Gasteiger partial charge in [-0.1, -0.05) is 26.0 Å². The van der Waals surface area contributed by atoms with Gasteiger partial charge in [-0.15, -0.1) is 0 Å². The Bertz CT molecular complexity index is 1130. The van der Waals surface area contributed by atoms with E-state index in [2.05, 4.69) is 22.4 Å². The average molecular weight is 501 g/mol. The number of aromatic nitrogens is 1. The van der Waals surface area contributed by atoms with Crippen molar-refractivity contribution in [3.05, 3.63) is 59.3 Å². The van der Waals surface area contributed by atoms with Crippen LogP contribution in [0, 0.1) is 28.6 Å². The van der Waals surface area contributed by atoms with Crippen molar-refractivity contribution in [1.82, 2.24) is 10.3 Å². The number of halogens is 3. The molecule has 2 rings (SSSR count). The summed E-state index contributed by atoms with van der Waals surface area (Å²) in [6.07, 6.45) is -2.17. The van der Waals surface area contributed by atoms with Gasteiger partial charge in [0.1, 0.15) is 0 Å². The summed E-state index contributed by atoms with van der Waals surface area (Å²) in [7, 11) is 0. The summed E-state index contributed by atoms with van der Waals surface area (Å²) in [5.41, 5.74) is -1.84. The molecular formula is C27H31F3N4O2. The van der Waals surface area contributed by atoms with Crippen LogP contribution < -0.4 is 10.1 Å². The highest BCUT2D eigenvalue weighted by Crippen LogP contribution is 2.35. The van der Waals surface area contributed by atoms with Gasteiger partial charge in [-0.25, -0.2) is 4.98 Å². The Balaban J connectivity index is 2.30. The summed E-state index contributed by atoms with van der Waals surface area (Å²) in [5.74, 6) is -1.01. The fourth-order valence-corrected chi connectivity index (χ4v) is 3.79. The third-order valence-corrected chi connectivity index (χ3v) is 6.53. The molecule has 3 atom stereocenters. The van der Waals surface area contributed by atoms with E-state index in [4.69, 9.17) is 4.74 Å². The van der Waals surface area contributed by atoms with Gasteiger partial charge in [0.25, 0.3) is 5.91 Å². The van der Waals surface area contributed by atoms with E-state index in [0.717, 1.165) is 17.7 Å². The summed E-state index contributed by atoms with van der Waals surface area (Å²) < 4.78 is 44.2. The quantitative estimate of drug-likeness (QED) is 0.423. The Morgan fingerprint density at radius 3 is 2.39 bits per heavy atom. The van der Waals surface area contributed by atoms with Crippen LogP contribution in [0.4, 0.5) is 13.2 Å². The molecule has 36 heavy (non-hydrogen) atoms. The number of hydrogen-bond acceptors (Lipinski definition) is 5. The predicted molar refractivity (Wildman–Crippen MR) is 129 cm³/mol. The van der Waals surface area contributed by atoms with Crippen molar-refractivity contribution in [2.24, 2.45) is 5.92 Å². The van der Waals surface area contributed by atoms with Crippen LogP contribution in [-0.2, 0) is 11.0 Å². The highest BCUT2D eigenvalue weighted by Gasteiger charge is 2.40. The molecule has 0 aliphatic rings. The number of nitriles is 2. The van der Waals surface area contributed by atoms with E-state index >= 15 is 0 Å². The molecule has 1 aromatic heterocycles. The molecule has 192 valence electrons. The van der Waals surface area contributed by atoms with E-state index in [0.29, 0.717) is 31.0 Å². The van der Waals surface area contributed by atoms with Crippen molar-refractivity contribution >= 4 is 5.91 Å². The molecule has 0 aliphatic heterocycles. The molecule has 1 N–H and O–H groups in total. The van der Waals surface area contributed by atoms with Gasteiger partial charge < -0.3 is 10.1 Å². The van der Waals surface area contributed by atoms with Gasteiger partial charge in [-0.3, -0.25) is 4.79 Å². The minimum Gasteiger partial charge on any atom is -0.462 e. The zero-order valence-corrected chi connectivity index (χ0v) is 21.1. The van der Waals surface area contributed by atoms with E-state index < -0.39 is 28.8 Å². The van der Waals surface area contributed by atoms with Gasteiger partial charge in [0.05, 0.1) is 23.3 Å². The van der Waals surface area contributed by atoms with Gasteiger partial charge in [0, 0.05) is 29.6 Å². The van der Waals surface area contributed by atoms with Crippen LogP contribution in [0.3, 0.4) is 0 Å². The Morgan fingerprint density at radius 2 is 1.86 bits per heavy atom. The second-order valence-electron chi connectivity index (χ2n) is 9.60. The normalized spacial score (nSPS) is 15.1. The standard InChI is InChI=1S/C27H31F3N4O2/c1-6-19(15-31)12-13-26(5,18(2)21-9-7-8-20(14-21)16-32)34-24(35)25(3,4)36-23-11-10-22(17-33-23)27(28,29)30/h7-11,14,17-19H,6,12-13H2,1-5H3,(H,34,35). The molecular weight excluding hydrogens is 469 g/mol. The highest BCUT2D eigenvalue weighted by atomic mass is 19.4. The third-order valence-electron chi connectivity index (χ3n) is 6.53. The van der Waals surface area contributed by atoms with Crippen LogP contribution in [0.2, 0.25) is 0 Å². The lowest BCUT2D eigenvalue weighted by atomic mass is 9.76. The molecule has 6 nitrogen and oxygen atoms in total. The monoisotopic (exact) mass is 500 g/mol. The summed E-state index contributed by atoms with van der Waals surface area (Å²) in [6.45, 7) is 8.76. The van der Waals surface area contributed by atoms with Crippen molar-refractivity contribution in [2.75, 3.05) is 0 Å². The average Bonchev–Trinajstić information content (AvgIpc) is 2.83. The smallest absolute Gasteiger partial charge is 0.417 e. The first-order valence-electron chi connectivity index (χ1n) is 11.7. The van der Waals surface area contributed by atoms with Gasteiger partial charge in [0.15, 0.2) is 5.60 Å². The molecule has 3 unspecified atom stereocenters. The van der Waals surface area contributed by atoms with E-state index in [9.17, 15) is 28.5 Å². The number of rotatable bonds is 10. The number of pyridine rings is 1. The fraction of sp³-hybridized carbons (Fsp3) is 0.481. The van der Waals surface area contributed by atoms with Crippen molar-refractivity contribution in [3.8, 4) is 18.0 Å². The summed E-state index contributed by atoms with van der Waals surface area (Å²) in [5, 5.41) is 21.8. The van der Waals surface area contributed by atoms with Gasteiger partial charge in [-0.2, -0.15) is 23.7 Å². The second kappa shape index (κ2) is 11.4.